The standard InChI is InChI=1S/C27H29F2N3O4/c28-23-8-6-21(7-9-23)18-32(19-25-5-2-14-36-25)26(33)20-31(11-10-30-12-15-35-16-13-30)27(34)22-3-1-4-24(29)17-22/h1-9,14,17H,10-13,15-16,18-20H2. The highest BCUT2D eigenvalue weighted by Crippen LogP contribution is 2.14. The van der Waals surface area contributed by atoms with Crippen LogP contribution in [0.2, 0.25) is 0 Å². The van der Waals surface area contributed by atoms with E-state index in [0.717, 1.165) is 18.7 Å². The first-order valence-corrected chi connectivity index (χ1v) is 11.9. The van der Waals surface area contributed by atoms with Crippen molar-refractivity contribution in [3.63, 3.8) is 0 Å². The molecule has 36 heavy (non-hydrogen) atoms. The molecule has 0 atom stereocenters. The van der Waals surface area contributed by atoms with Gasteiger partial charge in [-0.25, -0.2) is 8.78 Å². The van der Waals surface area contributed by atoms with Gasteiger partial charge in [-0.1, -0.05) is 18.2 Å². The van der Waals surface area contributed by atoms with Crippen molar-refractivity contribution in [3.05, 3.63) is 95.4 Å². The number of carbonyl (C=O) groups is 2. The van der Waals surface area contributed by atoms with E-state index >= 15 is 0 Å². The van der Waals surface area contributed by atoms with E-state index in [1.165, 1.54) is 47.6 Å². The Bertz CT molecular complexity index is 1130. The molecule has 2 aromatic carbocycles. The number of amides is 2. The van der Waals surface area contributed by atoms with Crippen LogP contribution in [-0.4, -0.2) is 72.5 Å². The van der Waals surface area contributed by atoms with Gasteiger partial charge in [0.25, 0.3) is 5.91 Å². The Morgan fingerprint density at radius 2 is 1.67 bits per heavy atom. The fraction of sp³-hybridized carbons (Fsp3) is 0.333. The minimum Gasteiger partial charge on any atom is -0.467 e. The Hall–Kier alpha value is -3.56. The summed E-state index contributed by atoms with van der Waals surface area (Å²) in [5.74, 6) is -1.02. The van der Waals surface area contributed by atoms with Gasteiger partial charge in [0.05, 0.1) is 26.0 Å². The molecule has 1 aliphatic heterocycles. The molecule has 9 heteroatoms. The van der Waals surface area contributed by atoms with Gasteiger partial charge in [0.1, 0.15) is 23.9 Å². The maximum Gasteiger partial charge on any atom is 0.254 e. The third-order valence-electron chi connectivity index (χ3n) is 6.04. The predicted molar refractivity (Wildman–Crippen MR) is 129 cm³/mol. The minimum atomic E-state index is -0.518. The molecular formula is C27H29F2N3O4. The van der Waals surface area contributed by atoms with E-state index in [0.29, 0.717) is 32.1 Å². The fourth-order valence-corrected chi connectivity index (χ4v) is 4.04. The first-order valence-electron chi connectivity index (χ1n) is 11.9. The van der Waals surface area contributed by atoms with Crippen LogP contribution in [0.15, 0.2) is 71.3 Å². The van der Waals surface area contributed by atoms with E-state index in [1.807, 2.05) is 0 Å². The van der Waals surface area contributed by atoms with Crippen molar-refractivity contribution in [2.24, 2.45) is 0 Å². The summed E-state index contributed by atoms with van der Waals surface area (Å²) in [6.45, 7) is 3.79. The molecule has 0 spiro atoms. The fourth-order valence-electron chi connectivity index (χ4n) is 4.04. The second-order valence-electron chi connectivity index (χ2n) is 8.65. The van der Waals surface area contributed by atoms with Gasteiger partial charge < -0.3 is 19.0 Å². The number of benzene rings is 2. The number of morpholine rings is 1. The molecule has 0 radical (unpaired) electrons. The summed E-state index contributed by atoms with van der Waals surface area (Å²) >= 11 is 0. The van der Waals surface area contributed by atoms with Crippen LogP contribution in [0, 0.1) is 11.6 Å². The van der Waals surface area contributed by atoms with Gasteiger partial charge >= 0.3 is 0 Å². The van der Waals surface area contributed by atoms with Crippen LogP contribution in [0.5, 0.6) is 0 Å². The topological polar surface area (TPSA) is 66.2 Å². The highest BCUT2D eigenvalue weighted by Gasteiger charge is 2.24. The number of hydrogen-bond donors (Lipinski definition) is 0. The first-order chi connectivity index (χ1) is 17.5. The number of halogens is 2. The van der Waals surface area contributed by atoms with E-state index < -0.39 is 11.7 Å². The van der Waals surface area contributed by atoms with Crippen LogP contribution in [0.1, 0.15) is 21.7 Å². The lowest BCUT2D eigenvalue weighted by Gasteiger charge is -2.31. The van der Waals surface area contributed by atoms with E-state index in [2.05, 4.69) is 4.90 Å². The molecule has 2 amide bonds. The molecule has 0 N–H and O–H groups in total. The summed E-state index contributed by atoms with van der Waals surface area (Å²) in [5, 5.41) is 0. The molecule has 2 heterocycles. The average Bonchev–Trinajstić information content (AvgIpc) is 3.41. The van der Waals surface area contributed by atoms with E-state index in [1.54, 1.807) is 29.2 Å². The van der Waals surface area contributed by atoms with Crippen molar-refractivity contribution < 1.29 is 27.5 Å². The van der Waals surface area contributed by atoms with Crippen LogP contribution < -0.4 is 0 Å². The molecule has 0 saturated carbocycles. The molecule has 1 aromatic heterocycles. The Labute approximate surface area is 208 Å². The average molecular weight is 498 g/mol. The lowest BCUT2D eigenvalue weighted by molar-refractivity contribution is -0.133. The number of ether oxygens (including phenoxy) is 1. The summed E-state index contributed by atoms with van der Waals surface area (Å²) in [5.41, 5.74) is 0.925. The molecule has 1 saturated heterocycles. The minimum absolute atomic E-state index is 0.181. The summed E-state index contributed by atoms with van der Waals surface area (Å²) in [6, 6.07) is 14.9. The Balaban J connectivity index is 1.52. The third-order valence-corrected chi connectivity index (χ3v) is 6.04. The number of carbonyl (C=O) groups excluding carboxylic acids is 2. The van der Waals surface area contributed by atoms with Crippen LogP contribution in [0.4, 0.5) is 8.78 Å². The Morgan fingerprint density at radius 1 is 0.889 bits per heavy atom. The lowest BCUT2D eigenvalue weighted by atomic mass is 10.1. The smallest absolute Gasteiger partial charge is 0.254 e. The molecule has 4 rings (SSSR count). The van der Waals surface area contributed by atoms with Gasteiger partial charge in [-0.3, -0.25) is 14.5 Å². The van der Waals surface area contributed by atoms with E-state index in [4.69, 9.17) is 9.15 Å². The number of furan rings is 1. The van der Waals surface area contributed by atoms with Crippen LogP contribution in [-0.2, 0) is 22.6 Å². The van der Waals surface area contributed by atoms with Crippen molar-refractivity contribution in [3.8, 4) is 0 Å². The molecule has 0 bridgehead atoms. The second-order valence-corrected chi connectivity index (χ2v) is 8.65. The molecule has 0 unspecified atom stereocenters. The lowest BCUT2D eigenvalue weighted by Crippen LogP contribution is -2.47. The molecule has 7 nitrogen and oxygen atoms in total. The van der Waals surface area contributed by atoms with Crippen molar-refractivity contribution in [1.29, 1.82) is 0 Å². The molecular weight excluding hydrogens is 468 g/mol. The summed E-state index contributed by atoms with van der Waals surface area (Å²) in [4.78, 5) is 32.0. The summed E-state index contributed by atoms with van der Waals surface area (Å²) in [7, 11) is 0. The molecule has 0 aliphatic carbocycles. The van der Waals surface area contributed by atoms with Gasteiger partial charge in [0, 0.05) is 38.3 Å². The normalized spacial score (nSPS) is 13.9. The largest absolute Gasteiger partial charge is 0.467 e. The van der Waals surface area contributed by atoms with Crippen molar-refractivity contribution >= 4 is 11.8 Å². The predicted octanol–water partition coefficient (Wildman–Crippen LogP) is 3.56. The van der Waals surface area contributed by atoms with Gasteiger partial charge in [-0.05, 0) is 48.0 Å². The summed E-state index contributed by atoms with van der Waals surface area (Å²) in [6.07, 6.45) is 1.53. The van der Waals surface area contributed by atoms with Gasteiger partial charge in [-0.15, -0.1) is 0 Å². The third kappa shape index (κ3) is 7.22. The van der Waals surface area contributed by atoms with Crippen LogP contribution in [0.25, 0.3) is 0 Å². The molecule has 3 aromatic rings. The van der Waals surface area contributed by atoms with Gasteiger partial charge in [0.15, 0.2) is 0 Å². The monoisotopic (exact) mass is 497 g/mol. The number of rotatable bonds is 10. The van der Waals surface area contributed by atoms with Crippen molar-refractivity contribution in [2.45, 2.75) is 13.1 Å². The van der Waals surface area contributed by atoms with Crippen LogP contribution >= 0.6 is 0 Å². The van der Waals surface area contributed by atoms with Gasteiger partial charge in [-0.2, -0.15) is 0 Å². The Kier molecular flexibility index (Phi) is 8.80. The zero-order valence-electron chi connectivity index (χ0n) is 19.9. The second kappa shape index (κ2) is 12.4. The van der Waals surface area contributed by atoms with Gasteiger partial charge in [0.2, 0.25) is 5.91 Å². The highest BCUT2D eigenvalue weighted by atomic mass is 19.1. The first kappa shape index (κ1) is 25.5. The maximum absolute atomic E-state index is 13.8. The van der Waals surface area contributed by atoms with Crippen molar-refractivity contribution in [2.75, 3.05) is 45.9 Å². The SMILES string of the molecule is O=C(CN(CCN1CCOCC1)C(=O)c1cccc(F)c1)N(Cc1ccc(F)cc1)Cc1ccco1. The highest BCUT2D eigenvalue weighted by molar-refractivity contribution is 5.96. The molecule has 190 valence electrons. The zero-order valence-corrected chi connectivity index (χ0v) is 19.9. The maximum atomic E-state index is 13.8. The number of nitrogens with zero attached hydrogens (tertiary/aromatic N) is 3. The van der Waals surface area contributed by atoms with Crippen LogP contribution in [0.3, 0.4) is 0 Å². The molecule has 1 fully saturated rings. The van der Waals surface area contributed by atoms with E-state index in [-0.39, 0.29) is 36.9 Å². The van der Waals surface area contributed by atoms with Crippen molar-refractivity contribution in [1.82, 2.24) is 14.7 Å². The number of hydrogen-bond acceptors (Lipinski definition) is 5. The summed E-state index contributed by atoms with van der Waals surface area (Å²) < 4.78 is 38.1. The van der Waals surface area contributed by atoms with E-state index in [9.17, 15) is 18.4 Å². The molecule has 1 aliphatic rings. The Morgan fingerprint density at radius 3 is 2.36 bits per heavy atom. The quantitative estimate of drug-likeness (QED) is 0.429. The zero-order chi connectivity index (χ0) is 25.3.